The van der Waals surface area contributed by atoms with E-state index in [4.69, 9.17) is 10.5 Å². The monoisotopic (exact) mass is 464 g/mol. The van der Waals surface area contributed by atoms with Crippen molar-refractivity contribution in [2.24, 2.45) is 5.73 Å². The maximum absolute atomic E-state index is 13.6. The van der Waals surface area contributed by atoms with Crippen molar-refractivity contribution in [3.8, 4) is 0 Å². The largest absolute Gasteiger partial charge is 0.448 e. The van der Waals surface area contributed by atoms with Gasteiger partial charge in [0.15, 0.2) is 6.10 Å². The summed E-state index contributed by atoms with van der Waals surface area (Å²) in [7, 11) is 0. The molecule has 0 saturated carbocycles. The Labute approximate surface area is 193 Å². The smallest absolute Gasteiger partial charge is 0.356 e. The molecule has 0 spiro atoms. The van der Waals surface area contributed by atoms with Crippen molar-refractivity contribution in [3.63, 3.8) is 0 Å². The minimum absolute atomic E-state index is 0.216. The first-order valence-corrected chi connectivity index (χ1v) is 12.0. The lowest BCUT2D eigenvalue weighted by Crippen LogP contribution is -2.68. The molecular weight excluding hydrogens is 444 g/mol. The number of esters is 1. The Kier molecular flexibility index (Phi) is 5.54. The highest BCUT2D eigenvalue weighted by Crippen LogP contribution is 2.44. The van der Waals surface area contributed by atoms with Gasteiger partial charge in [0, 0.05) is 11.3 Å². The fourth-order valence-electron chi connectivity index (χ4n) is 3.83. The van der Waals surface area contributed by atoms with Crippen LogP contribution in [0.1, 0.15) is 27.2 Å². The first kappa shape index (κ1) is 20.9. The number of fused-ring (bicyclic) bond motifs is 1. The highest BCUT2D eigenvalue weighted by molar-refractivity contribution is 8.00. The number of nitrogens with two attached hydrogens (primary N) is 1. The second kappa shape index (κ2) is 8.50. The Hall–Kier alpha value is -3.01. The van der Waals surface area contributed by atoms with Gasteiger partial charge in [-0.25, -0.2) is 4.79 Å². The van der Waals surface area contributed by atoms with Gasteiger partial charge in [-0.3, -0.25) is 9.69 Å². The summed E-state index contributed by atoms with van der Waals surface area (Å²) in [5.74, 6) is -0.359. The number of ether oxygens (including phenoxy) is 1. The molecule has 162 valence electrons. The third kappa shape index (κ3) is 3.62. The Morgan fingerprint density at radius 2 is 1.72 bits per heavy atom. The molecule has 1 amide bonds. The molecule has 2 aliphatic rings. The number of hydrogen-bond acceptors (Lipinski definition) is 8. The van der Waals surface area contributed by atoms with E-state index in [0.29, 0.717) is 16.3 Å². The minimum Gasteiger partial charge on any atom is -0.448 e. The third-order valence-corrected chi connectivity index (χ3v) is 7.62. The van der Waals surface area contributed by atoms with Crippen LogP contribution in [0, 0.1) is 6.92 Å². The maximum atomic E-state index is 13.6. The summed E-state index contributed by atoms with van der Waals surface area (Å²) >= 11 is 2.91. The van der Waals surface area contributed by atoms with Gasteiger partial charge in [0.25, 0.3) is 0 Å². The van der Waals surface area contributed by atoms with Crippen LogP contribution in [0.5, 0.6) is 0 Å². The van der Waals surface area contributed by atoms with E-state index in [0.717, 1.165) is 16.1 Å². The van der Waals surface area contributed by atoms with E-state index in [-0.39, 0.29) is 17.0 Å². The van der Waals surface area contributed by atoms with Gasteiger partial charge in [0.1, 0.15) is 27.1 Å². The summed E-state index contributed by atoms with van der Waals surface area (Å²) in [4.78, 5) is 27.7. The molecule has 2 aliphatic heterocycles. The molecule has 5 rings (SSSR count). The van der Waals surface area contributed by atoms with Gasteiger partial charge in [-0.15, -0.1) is 22.0 Å². The number of aryl methyl sites for hydroxylation is 1. The first-order valence-electron chi connectivity index (χ1n) is 10.1. The zero-order chi connectivity index (χ0) is 22.2. The van der Waals surface area contributed by atoms with Crippen LogP contribution in [-0.2, 0) is 14.3 Å². The molecule has 3 heterocycles. The van der Waals surface area contributed by atoms with E-state index < -0.39 is 18.1 Å². The summed E-state index contributed by atoms with van der Waals surface area (Å²) in [6.07, 6.45) is -0.618. The molecule has 0 bridgehead atoms. The number of amides is 1. The normalized spacial score (nSPS) is 20.2. The van der Waals surface area contributed by atoms with Gasteiger partial charge >= 0.3 is 5.97 Å². The molecule has 3 aromatic rings. The number of thioether (sulfide) groups is 1. The second-order valence-electron chi connectivity index (χ2n) is 7.50. The lowest BCUT2D eigenvalue weighted by molar-refractivity contribution is -0.152. The predicted molar refractivity (Wildman–Crippen MR) is 123 cm³/mol. The lowest BCUT2D eigenvalue weighted by Gasteiger charge is -2.48. The van der Waals surface area contributed by atoms with Gasteiger partial charge in [-0.05, 0) is 18.1 Å². The van der Waals surface area contributed by atoms with E-state index in [9.17, 15) is 9.59 Å². The maximum Gasteiger partial charge on any atom is 0.356 e. The predicted octanol–water partition coefficient (Wildman–Crippen LogP) is 3.13. The molecule has 9 heteroatoms. The van der Waals surface area contributed by atoms with Gasteiger partial charge in [-0.1, -0.05) is 72.0 Å². The van der Waals surface area contributed by atoms with Crippen molar-refractivity contribution in [1.29, 1.82) is 0 Å². The van der Waals surface area contributed by atoms with Crippen molar-refractivity contribution in [2.45, 2.75) is 24.4 Å². The number of hydrogen-bond donors (Lipinski definition) is 1. The van der Waals surface area contributed by atoms with Gasteiger partial charge in [0.05, 0.1) is 0 Å². The van der Waals surface area contributed by atoms with Crippen LogP contribution in [0.15, 0.2) is 66.4 Å². The van der Waals surface area contributed by atoms with Crippen molar-refractivity contribution >= 4 is 40.5 Å². The number of rotatable bonds is 5. The minimum atomic E-state index is -0.625. The van der Waals surface area contributed by atoms with Crippen LogP contribution in [-0.4, -0.2) is 44.1 Å². The fraction of sp³-hybridized carbons (Fsp3) is 0.217. The molecule has 2 atom stereocenters. The number of benzene rings is 2. The van der Waals surface area contributed by atoms with E-state index in [1.807, 2.05) is 67.6 Å². The van der Waals surface area contributed by atoms with Gasteiger partial charge in [0.2, 0.25) is 5.91 Å². The molecule has 2 N–H and O–H groups in total. The van der Waals surface area contributed by atoms with E-state index in [1.54, 1.807) is 0 Å². The van der Waals surface area contributed by atoms with Crippen molar-refractivity contribution in [2.75, 3.05) is 5.75 Å². The molecule has 1 fully saturated rings. The molecule has 1 unspecified atom stereocenters. The Bertz CT molecular complexity index is 1160. The standard InChI is InChI=1S/C23H20N4O3S2/c1-13-25-26-20(32-13)16-12-31-22-17(24)21(28)27(22)18(16)23(29)30-19(14-8-4-2-5-9-14)15-10-6-3-7-11-15/h2-11,17,19,22H,12,24H2,1H3/t17?,22-/m1/s1. The van der Waals surface area contributed by atoms with Crippen molar-refractivity contribution in [3.05, 3.63) is 87.5 Å². The zero-order valence-corrected chi connectivity index (χ0v) is 18.8. The summed E-state index contributed by atoms with van der Waals surface area (Å²) < 4.78 is 6.07. The van der Waals surface area contributed by atoms with E-state index in [1.165, 1.54) is 28.0 Å². The fourth-order valence-corrected chi connectivity index (χ4v) is 5.95. The SMILES string of the molecule is Cc1nnc(C2=C(C(=O)OC(c3ccccc3)c3ccccc3)N3C(=O)C(N)[C@H]3SC2)s1. The average Bonchev–Trinajstić information content (AvgIpc) is 3.28. The highest BCUT2D eigenvalue weighted by Gasteiger charge is 2.52. The molecular formula is C23H20N4O3S2. The summed E-state index contributed by atoms with van der Waals surface area (Å²) in [6, 6.07) is 18.5. The molecule has 1 aromatic heterocycles. The molecule has 7 nitrogen and oxygen atoms in total. The topological polar surface area (TPSA) is 98.4 Å². The zero-order valence-electron chi connectivity index (χ0n) is 17.2. The van der Waals surface area contributed by atoms with Crippen molar-refractivity contribution < 1.29 is 14.3 Å². The third-order valence-electron chi connectivity index (χ3n) is 5.42. The highest BCUT2D eigenvalue weighted by atomic mass is 32.2. The number of carbonyl (C=O) groups is 2. The lowest BCUT2D eigenvalue weighted by atomic mass is 10.0. The van der Waals surface area contributed by atoms with Crippen LogP contribution < -0.4 is 5.73 Å². The second-order valence-corrected chi connectivity index (χ2v) is 9.78. The van der Waals surface area contributed by atoms with Crippen LogP contribution >= 0.6 is 23.1 Å². The molecule has 0 radical (unpaired) electrons. The summed E-state index contributed by atoms with van der Waals surface area (Å²) in [5, 5.41) is 9.41. The quantitative estimate of drug-likeness (QED) is 0.457. The number of carbonyl (C=O) groups excluding carboxylic acids is 2. The summed E-state index contributed by atoms with van der Waals surface area (Å²) in [6.45, 7) is 1.85. The van der Waals surface area contributed by atoms with Crippen molar-refractivity contribution in [1.82, 2.24) is 15.1 Å². The molecule has 1 saturated heterocycles. The van der Waals surface area contributed by atoms with Gasteiger partial charge < -0.3 is 10.5 Å². The van der Waals surface area contributed by atoms with Crippen LogP contribution in [0.2, 0.25) is 0 Å². The van der Waals surface area contributed by atoms with Crippen LogP contribution in [0.3, 0.4) is 0 Å². The Morgan fingerprint density at radius 1 is 1.09 bits per heavy atom. The van der Waals surface area contributed by atoms with Crippen LogP contribution in [0.4, 0.5) is 0 Å². The molecule has 0 aliphatic carbocycles. The molecule has 2 aromatic carbocycles. The Balaban J connectivity index is 1.56. The number of aromatic nitrogens is 2. The first-order chi connectivity index (χ1) is 15.5. The number of β-lactam (4-membered cyclic amide) rings is 1. The van der Waals surface area contributed by atoms with Crippen LogP contribution in [0.25, 0.3) is 5.57 Å². The summed E-state index contributed by atoms with van der Waals surface area (Å²) in [5.41, 5.74) is 8.55. The van der Waals surface area contributed by atoms with E-state index >= 15 is 0 Å². The van der Waals surface area contributed by atoms with Gasteiger partial charge in [-0.2, -0.15) is 0 Å². The average molecular weight is 465 g/mol. The Morgan fingerprint density at radius 3 is 2.28 bits per heavy atom. The number of nitrogens with zero attached hydrogens (tertiary/aromatic N) is 3. The van der Waals surface area contributed by atoms with E-state index in [2.05, 4.69) is 10.2 Å². The molecule has 32 heavy (non-hydrogen) atoms.